The number of aliphatic carboxylic acids is 1. The molecule has 3 N–H and O–H groups in total. The van der Waals surface area contributed by atoms with Crippen LogP contribution in [0.5, 0.6) is 0 Å². The fourth-order valence-corrected chi connectivity index (χ4v) is 2.34. The number of hydrogen-bond acceptors (Lipinski definition) is 3. The number of aromatic nitrogens is 1. The molecule has 0 bridgehead atoms. The second kappa shape index (κ2) is 7.64. The van der Waals surface area contributed by atoms with E-state index in [0.717, 1.165) is 10.9 Å². The van der Waals surface area contributed by atoms with Crippen LogP contribution in [0.2, 0.25) is 5.02 Å². The Morgan fingerprint density at radius 1 is 1.09 bits per heavy atom. The van der Waals surface area contributed by atoms with Crippen LogP contribution in [0.4, 0.5) is 0 Å². The summed E-state index contributed by atoms with van der Waals surface area (Å²) in [6.07, 6.45) is 2.05. The summed E-state index contributed by atoms with van der Waals surface area (Å²) in [5.74, 6) is -1.97. The van der Waals surface area contributed by atoms with Crippen LogP contribution < -0.4 is 10.6 Å². The van der Waals surface area contributed by atoms with Gasteiger partial charge in [-0.1, -0.05) is 17.7 Å². The zero-order valence-corrected chi connectivity index (χ0v) is 13.0. The van der Waals surface area contributed by atoms with E-state index in [9.17, 15) is 14.4 Å². The van der Waals surface area contributed by atoms with Gasteiger partial charge in [-0.25, -0.2) is 0 Å². The molecular weight excluding hydrogens is 322 g/mol. The number of fused-ring (bicyclic) bond motifs is 1. The highest BCUT2D eigenvalue weighted by Gasteiger charge is 2.08. The Kier molecular flexibility index (Phi) is 5.59. The Labute approximate surface area is 137 Å². The van der Waals surface area contributed by atoms with E-state index in [4.69, 9.17) is 16.7 Å². The van der Waals surface area contributed by atoms with Gasteiger partial charge < -0.3 is 20.3 Å². The van der Waals surface area contributed by atoms with E-state index in [1.54, 1.807) is 6.07 Å². The Bertz CT molecular complexity index is 741. The van der Waals surface area contributed by atoms with E-state index in [1.807, 2.05) is 29.0 Å². The topological polar surface area (TPSA) is 100 Å². The first-order valence-corrected chi connectivity index (χ1v) is 7.33. The summed E-state index contributed by atoms with van der Waals surface area (Å²) in [7, 11) is 0. The number of hydrogen-bond donors (Lipinski definition) is 3. The number of carboxylic acids is 1. The van der Waals surface area contributed by atoms with Crippen LogP contribution >= 0.6 is 11.6 Å². The van der Waals surface area contributed by atoms with Crippen LogP contribution in [0.3, 0.4) is 0 Å². The fraction of sp³-hybridized carbons (Fsp3) is 0.267. The highest BCUT2D eigenvalue weighted by atomic mass is 35.5. The van der Waals surface area contributed by atoms with Crippen molar-refractivity contribution in [2.45, 2.75) is 13.0 Å². The van der Waals surface area contributed by atoms with Gasteiger partial charge in [0, 0.05) is 35.1 Å². The van der Waals surface area contributed by atoms with E-state index >= 15 is 0 Å². The molecule has 23 heavy (non-hydrogen) atoms. The van der Waals surface area contributed by atoms with Crippen LogP contribution in [0.25, 0.3) is 10.9 Å². The maximum absolute atomic E-state index is 11.7. The Hall–Kier alpha value is -2.54. The maximum Gasteiger partial charge on any atom is 0.322 e. The van der Waals surface area contributed by atoms with Gasteiger partial charge in [0.15, 0.2) is 0 Å². The summed E-state index contributed by atoms with van der Waals surface area (Å²) < 4.78 is 1.91. The summed E-state index contributed by atoms with van der Waals surface area (Å²) in [4.78, 5) is 33.3. The lowest BCUT2D eigenvalue weighted by Crippen LogP contribution is -2.39. The van der Waals surface area contributed by atoms with Gasteiger partial charge in [0.25, 0.3) is 0 Å². The standard InChI is InChI=1S/C15H16ClN3O4/c16-11-2-1-3-12-10(11)4-6-19(12)7-5-13(20)17-8-14(21)18-9-15(22)23/h1-4,6H,5,7-9H2,(H,17,20)(H,18,21)(H,22,23). The SMILES string of the molecule is O=C(O)CNC(=O)CNC(=O)CCn1ccc2c(Cl)cccc21. The molecule has 0 saturated carbocycles. The summed E-state index contributed by atoms with van der Waals surface area (Å²) in [5, 5.41) is 14.6. The van der Waals surface area contributed by atoms with Crippen molar-refractivity contribution in [3.63, 3.8) is 0 Å². The quantitative estimate of drug-likeness (QED) is 0.701. The molecule has 1 aromatic heterocycles. The molecule has 2 rings (SSSR count). The molecule has 2 aromatic rings. The van der Waals surface area contributed by atoms with Crippen molar-refractivity contribution in [1.82, 2.24) is 15.2 Å². The highest BCUT2D eigenvalue weighted by Crippen LogP contribution is 2.24. The lowest BCUT2D eigenvalue weighted by Gasteiger charge is -2.07. The van der Waals surface area contributed by atoms with Gasteiger partial charge in [0.2, 0.25) is 11.8 Å². The van der Waals surface area contributed by atoms with Crippen LogP contribution in [0.1, 0.15) is 6.42 Å². The Morgan fingerprint density at radius 2 is 1.83 bits per heavy atom. The van der Waals surface area contributed by atoms with Crippen LogP contribution in [0.15, 0.2) is 30.5 Å². The molecule has 0 aliphatic heterocycles. The van der Waals surface area contributed by atoms with Gasteiger partial charge in [-0.15, -0.1) is 0 Å². The Balaban J connectivity index is 1.81. The van der Waals surface area contributed by atoms with Crippen molar-refractivity contribution in [3.05, 3.63) is 35.5 Å². The molecule has 0 radical (unpaired) electrons. The lowest BCUT2D eigenvalue weighted by molar-refractivity contribution is -0.137. The number of halogens is 1. The van der Waals surface area contributed by atoms with E-state index in [1.165, 1.54) is 0 Å². The van der Waals surface area contributed by atoms with Crippen molar-refractivity contribution in [2.24, 2.45) is 0 Å². The third-order valence-corrected chi connectivity index (χ3v) is 3.55. The average Bonchev–Trinajstić information content (AvgIpc) is 2.93. The number of rotatable bonds is 7. The monoisotopic (exact) mass is 337 g/mol. The van der Waals surface area contributed by atoms with Crippen LogP contribution in [-0.4, -0.2) is 40.5 Å². The molecule has 7 nitrogen and oxygen atoms in total. The van der Waals surface area contributed by atoms with E-state index in [2.05, 4.69) is 10.6 Å². The number of amides is 2. The minimum atomic E-state index is -1.14. The molecule has 8 heteroatoms. The summed E-state index contributed by atoms with van der Waals surface area (Å²) in [6.45, 7) is -0.262. The van der Waals surface area contributed by atoms with Crippen LogP contribution in [-0.2, 0) is 20.9 Å². The summed E-state index contributed by atoms with van der Waals surface area (Å²) in [6, 6.07) is 7.44. The number of carbonyl (C=O) groups excluding carboxylic acids is 2. The van der Waals surface area contributed by atoms with E-state index < -0.39 is 18.4 Å². The van der Waals surface area contributed by atoms with E-state index in [0.29, 0.717) is 11.6 Å². The van der Waals surface area contributed by atoms with Crippen molar-refractivity contribution in [1.29, 1.82) is 0 Å². The molecule has 0 fully saturated rings. The number of benzene rings is 1. The largest absolute Gasteiger partial charge is 0.480 e. The van der Waals surface area contributed by atoms with Gasteiger partial charge >= 0.3 is 5.97 Å². The second-order valence-electron chi connectivity index (χ2n) is 4.88. The van der Waals surface area contributed by atoms with Gasteiger partial charge in [-0.2, -0.15) is 0 Å². The zero-order chi connectivity index (χ0) is 16.8. The van der Waals surface area contributed by atoms with Crippen LogP contribution in [0, 0.1) is 0 Å². The minimum Gasteiger partial charge on any atom is -0.480 e. The normalized spacial score (nSPS) is 10.5. The third-order valence-electron chi connectivity index (χ3n) is 3.22. The first-order chi connectivity index (χ1) is 11.0. The number of carbonyl (C=O) groups is 3. The van der Waals surface area contributed by atoms with Gasteiger partial charge in [0.05, 0.1) is 6.54 Å². The average molecular weight is 338 g/mol. The number of aryl methyl sites for hydroxylation is 1. The molecule has 1 aromatic carbocycles. The van der Waals surface area contributed by atoms with E-state index in [-0.39, 0.29) is 18.9 Å². The molecule has 0 saturated heterocycles. The Morgan fingerprint density at radius 3 is 2.57 bits per heavy atom. The second-order valence-corrected chi connectivity index (χ2v) is 5.29. The maximum atomic E-state index is 11.7. The lowest BCUT2D eigenvalue weighted by atomic mass is 10.2. The first-order valence-electron chi connectivity index (χ1n) is 6.96. The number of nitrogens with one attached hydrogen (secondary N) is 2. The molecule has 0 aliphatic rings. The van der Waals surface area contributed by atoms with Crippen molar-refractivity contribution in [3.8, 4) is 0 Å². The van der Waals surface area contributed by atoms with Gasteiger partial charge in [-0.05, 0) is 18.2 Å². The molecule has 0 unspecified atom stereocenters. The van der Waals surface area contributed by atoms with Crippen molar-refractivity contribution in [2.75, 3.05) is 13.1 Å². The van der Waals surface area contributed by atoms with Gasteiger partial charge in [-0.3, -0.25) is 14.4 Å². The molecule has 1 heterocycles. The van der Waals surface area contributed by atoms with Crippen molar-refractivity contribution >= 4 is 40.3 Å². The molecule has 0 spiro atoms. The molecule has 2 amide bonds. The molecular formula is C15H16ClN3O4. The smallest absolute Gasteiger partial charge is 0.322 e. The minimum absolute atomic E-state index is 0.197. The molecule has 0 atom stereocenters. The summed E-state index contributed by atoms with van der Waals surface area (Å²) in [5.41, 5.74) is 0.935. The molecule has 122 valence electrons. The number of nitrogens with zero attached hydrogens (tertiary/aromatic N) is 1. The predicted octanol–water partition coefficient (Wildman–Crippen LogP) is 1.00. The first kappa shape index (κ1) is 16.8. The molecule has 0 aliphatic carbocycles. The van der Waals surface area contributed by atoms with Gasteiger partial charge in [0.1, 0.15) is 6.54 Å². The van der Waals surface area contributed by atoms with Crippen molar-refractivity contribution < 1.29 is 19.5 Å². The number of carboxylic acid groups (broad SMARTS) is 1. The third kappa shape index (κ3) is 4.72. The summed E-state index contributed by atoms with van der Waals surface area (Å²) >= 11 is 6.09. The fourth-order valence-electron chi connectivity index (χ4n) is 2.11. The highest BCUT2D eigenvalue weighted by molar-refractivity contribution is 6.35. The zero-order valence-electron chi connectivity index (χ0n) is 12.2. The predicted molar refractivity (Wildman–Crippen MR) is 85.2 cm³/mol.